The number of carbonyl (C=O) groups is 3. The van der Waals surface area contributed by atoms with Crippen molar-refractivity contribution in [1.29, 1.82) is 0 Å². The third-order valence-electron chi connectivity index (χ3n) is 8.93. The zero-order valence-electron chi connectivity index (χ0n) is 27.1. The first-order valence-electron chi connectivity index (χ1n) is 15.6. The third kappa shape index (κ3) is 7.98. The number of aliphatic carboxylic acids is 1. The van der Waals surface area contributed by atoms with Gasteiger partial charge in [0, 0.05) is 93.6 Å². The van der Waals surface area contributed by atoms with E-state index in [2.05, 4.69) is 25.2 Å². The number of alkyl halides is 3. The second-order valence-corrected chi connectivity index (χ2v) is 12.2. The van der Waals surface area contributed by atoms with Crippen molar-refractivity contribution in [3.05, 3.63) is 64.1 Å². The van der Waals surface area contributed by atoms with Crippen LogP contribution in [0.3, 0.4) is 0 Å². The molecule has 0 bridgehead atoms. The van der Waals surface area contributed by atoms with E-state index in [1.807, 2.05) is 30.7 Å². The first-order chi connectivity index (χ1) is 23.1. The highest BCUT2D eigenvalue weighted by Crippen LogP contribution is 2.37. The summed E-state index contributed by atoms with van der Waals surface area (Å²) >= 11 is 0. The van der Waals surface area contributed by atoms with Crippen molar-refractivity contribution in [3.63, 3.8) is 0 Å². The van der Waals surface area contributed by atoms with Crippen LogP contribution in [0.2, 0.25) is 0 Å². The number of amides is 2. The number of pyridine rings is 1. The number of H-pyrrole nitrogens is 1. The lowest BCUT2D eigenvalue weighted by atomic mass is 10.0. The van der Waals surface area contributed by atoms with E-state index in [1.54, 1.807) is 4.90 Å². The highest BCUT2D eigenvalue weighted by molar-refractivity contribution is 6.07. The molecule has 262 valence electrons. The summed E-state index contributed by atoms with van der Waals surface area (Å²) < 4.78 is 57.2. The highest BCUT2D eigenvalue weighted by atomic mass is 19.4. The van der Waals surface area contributed by atoms with E-state index in [0.717, 1.165) is 0 Å². The van der Waals surface area contributed by atoms with Gasteiger partial charge in [-0.25, -0.2) is 14.4 Å². The molecule has 2 fully saturated rings. The molecule has 2 aliphatic rings. The van der Waals surface area contributed by atoms with Gasteiger partial charge in [0.05, 0.1) is 28.9 Å². The molecule has 2 amide bonds. The third-order valence-corrected chi connectivity index (χ3v) is 8.93. The van der Waals surface area contributed by atoms with Gasteiger partial charge in [-0.2, -0.15) is 13.2 Å². The van der Waals surface area contributed by atoms with Gasteiger partial charge < -0.3 is 30.1 Å². The number of nitrogens with zero attached hydrogens (tertiary/aromatic N) is 6. The number of nitrogens with one attached hydrogen (secondary N) is 2. The fraction of sp³-hybridized carbons (Fsp3) is 0.438. The standard InChI is InChI=1S/C32H36F4N8O5/c1-18-16-44(17-19(2)41(18)3)26-12-24(33)21(10-25(26)40-30(49)22-15-37-27(45)11-23(22)32(34,35)36)20-13-38-31(39-14-20)43-8-6-42(7-9-43)28(46)4-5-29(47)48/h10-15,18-19H,4-9,16-17H2,1-3H3,(H,37,45)(H,40,49)(H,47,48)/t18-,19?/m0/s1. The number of piperazine rings is 2. The molecule has 49 heavy (non-hydrogen) atoms. The molecule has 4 heterocycles. The number of carboxylic acids is 1. The van der Waals surface area contributed by atoms with Crippen LogP contribution in [0.25, 0.3) is 11.1 Å². The molecule has 2 atom stereocenters. The fourth-order valence-electron chi connectivity index (χ4n) is 5.98. The molecular weight excluding hydrogens is 652 g/mol. The van der Waals surface area contributed by atoms with Crippen molar-refractivity contribution < 1.29 is 37.1 Å². The van der Waals surface area contributed by atoms with E-state index in [0.29, 0.717) is 57.5 Å². The van der Waals surface area contributed by atoms with Crippen molar-refractivity contribution in [2.24, 2.45) is 0 Å². The van der Waals surface area contributed by atoms with Crippen LogP contribution in [0.4, 0.5) is 34.9 Å². The number of likely N-dealkylation sites (N-methyl/N-ethyl adjacent to an activating group) is 1. The quantitative estimate of drug-likeness (QED) is 0.301. The molecule has 2 aliphatic heterocycles. The molecule has 5 rings (SSSR count). The van der Waals surface area contributed by atoms with Crippen molar-refractivity contribution in [2.45, 2.75) is 44.9 Å². The van der Waals surface area contributed by atoms with Gasteiger partial charge in [-0.1, -0.05) is 0 Å². The number of carbonyl (C=O) groups excluding carboxylic acids is 2. The molecule has 0 spiro atoms. The second-order valence-electron chi connectivity index (χ2n) is 12.2. The summed E-state index contributed by atoms with van der Waals surface area (Å²) in [5.41, 5.74) is -2.68. The number of rotatable bonds is 8. The Hall–Kier alpha value is -5.06. The lowest BCUT2D eigenvalue weighted by molar-refractivity contribution is -0.141. The van der Waals surface area contributed by atoms with Gasteiger partial charge in [0.15, 0.2) is 0 Å². The normalized spacial score (nSPS) is 18.8. The Labute approximate surface area is 278 Å². The van der Waals surface area contributed by atoms with Crippen LogP contribution < -0.4 is 20.7 Å². The van der Waals surface area contributed by atoms with Crippen LogP contribution >= 0.6 is 0 Å². The molecular formula is C32H36F4N8O5. The molecule has 17 heteroatoms. The minimum Gasteiger partial charge on any atom is -0.481 e. The molecule has 1 unspecified atom stereocenters. The molecule has 0 radical (unpaired) electrons. The van der Waals surface area contributed by atoms with E-state index in [1.165, 1.54) is 24.5 Å². The lowest BCUT2D eigenvalue weighted by Crippen LogP contribution is -2.55. The van der Waals surface area contributed by atoms with E-state index < -0.39 is 40.6 Å². The van der Waals surface area contributed by atoms with Crippen molar-refractivity contribution in [1.82, 2.24) is 24.8 Å². The molecule has 3 aromatic rings. The van der Waals surface area contributed by atoms with Gasteiger partial charge in [0.1, 0.15) is 5.82 Å². The minimum absolute atomic E-state index is 0.00724. The monoisotopic (exact) mass is 688 g/mol. The van der Waals surface area contributed by atoms with E-state index in [-0.39, 0.29) is 53.3 Å². The predicted molar refractivity (Wildman–Crippen MR) is 172 cm³/mol. The van der Waals surface area contributed by atoms with Crippen LogP contribution in [0.1, 0.15) is 42.6 Å². The number of carboxylic acid groups (broad SMARTS) is 1. The van der Waals surface area contributed by atoms with Gasteiger partial charge in [-0.3, -0.25) is 24.1 Å². The Morgan fingerprint density at radius 2 is 1.61 bits per heavy atom. The summed E-state index contributed by atoms with van der Waals surface area (Å²) in [4.78, 5) is 66.4. The van der Waals surface area contributed by atoms with Crippen molar-refractivity contribution in [3.8, 4) is 11.1 Å². The highest BCUT2D eigenvalue weighted by Gasteiger charge is 2.36. The van der Waals surface area contributed by atoms with Crippen LogP contribution in [0.15, 0.2) is 41.6 Å². The number of hydrogen-bond acceptors (Lipinski definition) is 9. The Morgan fingerprint density at radius 3 is 2.20 bits per heavy atom. The minimum atomic E-state index is -4.98. The summed E-state index contributed by atoms with van der Waals surface area (Å²) in [6.07, 6.45) is -1.85. The number of anilines is 3. The fourth-order valence-corrected chi connectivity index (χ4v) is 5.98. The average molecular weight is 689 g/mol. The molecule has 2 saturated heterocycles. The number of hydrogen-bond donors (Lipinski definition) is 3. The van der Waals surface area contributed by atoms with Gasteiger partial charge in [0.25, 0.3) is 5.91 Å². The Bertz CT molecular complexity index is 1760. The molecule has 1 aromatic carbocycles. The first kappa shape index (κ1) is 35.3. The molecule has 13 nitrogen and oxygen atoms in total. The van der Waals surface area contributed by atoms with E-state index in [4.69, 9.17) is 5.11 Å². The van der Waals surface area contributed by atoms with Crippen LogP contribution in [0.5, 0.6) is 0 Å². The summed E-state index contributed by atoms with van der Waals surface area (Å²) in [5.74, 6) is -2.79. The topological polar surface area (TPSA) is 155 Å². The van der Waals surface area contributed by atoms with Crippen LogP contribution in [0, 0.1) is 5.82 Å². The van der Waals surface area contributed by atoms with Gasteiger partial charge in [0.2, 0.25) is 17.4 Å². The largest absolute Gasteiger partial charge is 0.481 e. The summed E-state index contributed by atoms with van der Waals surface area (Å²) in [7, 11) is 1.96. The number of aromatic nitrogens is 3. The zero-order valence-corrected chi connectivity index (χ0v) is 27.1. The number of aromatic amines is 1. The number of halogens is 4. The SMILES string of the molecule is CC1CN(c2cc(F)c(-c3cnc(N4CCN(C(=O)CCC(=O)O)CC4)nc3)cc2NC(=O)c2c[nH]c(=O)cc2C(F)(F)F)C[C@H](C)N1C. The summed E-state index contributed by atoms with van der Waals surface area (Å²) in [6, 6.07) is 2.94. The van der Waals surface area contributed by atoms with E-state index in [9.17, 15) is 32.3 Å². The molecule has 0 saturated carbocycles. The average Bonchev–Trinajstić information content (AvgIpc) is 3.06. The Balaban J connectivity index is 1.43. The van der Waals surface area contributed by atoms with Gasteiger partial charge in [-0.05, 0) is 33.0 Å². The van der Waals surface area contributed by atoms with Crippen molar-refractivity contribution >= 4 is 35.1 Å². The zero-order chi connectivity index (χ0) is 35.6. The van der Waals surface area contributed by atoms with Gasteiger partial charge >= 0.3 is 12.1 Å². The maximum absolute atomic E-state index is 15.9. The predicted octanol–water partition coefficient (Wildman–Crippen LogP) is 3.28. The van der Waals surface area contributed by atoms with Crippen LogP contribution in [-0.4, -0.2) is 106 Å². The Kier molecular flexibility index (Phi) is 10.2. The van der Waals surface area contributed by atoms with Crippen LogP contribution in [-0.2, 0) is 15.8 Å². The van der Waals surface area contributed by atoms with Crippen molar-refractivity contribution in [2.75, 3.05) is 61.4 Å². The molecule has 3 N–H and O–H groups in total. The summed E-state index contributed by atoms with van der Waals surface area (Å²) in [5, 5.41) is 11.4. The Morgan fingerprint density at radius 1 is 0.980 bits per heavy atom. The number of benzene rings is 1. The molecule has 0 aliphatic carbocycles. The smallest absolute Gasteiger partial charge is 0.417 e. The lowest BCUT2D eigenvalue weighted by Gasteiger charge is -2.44. The maximum Gasteiger partial charge on any atom is 0.417 e. The maximum atomic E-state index is 15.9. The van der Waals surface area contributed by atoms with E-state index >= 15 is 4.39 Å². The second kappa shape index (κ2) is 14.2. The van der Waals surface area contributed by atoms with Gasteiger partial charge in [-0.15, -0.1) is 0 Å². The first-order valence-corrected chi connectivity index (χ1v) is 15.6. The molecule has 2 aromatic heterocycles. The summed E-state index contributed by atoms with van der Waals surface area (Å²) in [6.45, 7) is 6.34.